The summed E-state index contributed by atoms with van der Waals surface area (Å²) in [6, 6.07) is 0. The van der Waals surface area contributed by atoms with E-state index in [-0.39, 0.29) is 6.42 Å². The van der Waals surface area contributed by atoms with Gasteiger partial charge in [-0.1, -0.05) is 6.92 Å². The molecule has 2 aliphatic carbocycles. The largest absolute Gasteiger partial charge is 0.393 e. The monoisotopic (exact) mass is 530 g/mol. The van der Waals surface area contributed by atoms with Crippen LogP contribution in [0.15, 0.2) is 0 Å². The molecule has 0 aromatic carbocycles. The number of aliphatic hydroxyl groups excluding tert-OH is 5. The molecule has 35 heavy (non-hydrogen) atoms. The zero-order chi connectivity index (χ0) is 26.7. The second-order valence-corrected chi connectivity index (χ2v) is 12.7. The van der Waals surface area contributed by atoms with E-state index in [1.807, 2.05) is 0 Å². The van der Waals surface area contributed by atoms with Crippen molar-refractivity contribution in [3.63, 3.8) is 0 Å². The predicted molar refractivity (Wildman–Crippen MR) is 117 cm³/mol. The lowest BCUT2D eigenvalue weighted by Gasteiger charge is -2.60. The number of rotatable bonds is 6. The van der Waals surface area contributed by atoms with Crippen molar-refractivity contribution in [2.45, 2.75) is 113 Å². The lowest BCUT2D eigenvalue weighted by molar-refractivity contribution is -0.407. The minimum absolute atomic E-state index is 0.190. The van der Waals surface area contributed by atoms with Gasteiger partial charge >= 0.3 is 0 Å². The number of aliphatic hydroxyl groups is 7. The fourth-order valence-corrected chi connectivity index (χ4v) is 6.84. The molecule has 0 aromatic heterocycles. The van der Waals surface area contributed by atoms with Gasteiger partial charge in [-0.15, -0.1) is 0 Å². The van der Waals surface area contributed by atoms with E-state index in [2.05, 4.69) is 0 Å². The summed E-state index contributed by atoms with van der Waals surface area (Å²) in [6.07, 6.45) is -11.1. The summed E-state index contributed by atoms with van der Waals surface area (Å²) in [7, 11) is -5.21. The Balaban J connectivity index is 1.96. The number of hydrogen-bond acceptors (Lipinski definition) is 12. The first-order valence-corrected chi connectivity index (χ1v) is 13.1. The van der Waals surface area contributed by atoms with Crippen molar-refractivity contribution in [3.8, 4) is 0 Å². The first-order chi connectivity index (χ1) is 15.8. The van der Waals surface area contributed by atoms with Crippen molar-refractivity contribution in [3.05, 3.63) is 0 Å². The van der Waals surface area contributed by atoms with Gasteiger partial charge < -0.3 is 40.5 Å². The van der Waals surface area contributed by atoms with Gasteiger partial charge in [-0.25, -0.2) is 9.78 Å². The Morgan fingerprint density at radius 2 is 1.60 bits per heavy atom. The van der Waals surface area contributed by atoms with Gasteiger partial charge in [0.1, 0.15) is 30.5 Å². The molecule has 0 bridgehead atoms. The van der Waals surface area contributed by atoms with E-state index >= 15 is 0 Å². The maximum atomic E-state index is 12.1. The highest BCUT2D eigenvalue weighted by Crippen LogP contribution is 2.57. The molecule has 1 aliphatic heterocycles. The molecule has 1 heterocycles. The van der Waals surface area contributed by atoms with Gasteiger partial charge in [0.15, 0.2) is 6.29 Å². The van der Waals surface area contributed by atoms with Crippen molar-refractivity contribution in [1.29, 1.82) is 0 Å². The molecule has 0 radical (unpaired) electrons. The summed E-state index contributed by atoms with van der Waals surface area (Å²) in [6.45, 7) is 6.32. The van der Waals surface area contributed by atoms with E-state index in [1.165, 1.54) is 13.8 Å². The van der Waals surface area contributed by atoms with Crippen molar-refractivity contribution < 1.29 is 63.2 Å². The smallest absolute Gasteiger partial charge is 0.298 e. The third kappa shape index (κ3) is 5.40. The molecule has 0 amide bonds. The van der Waals surface area contributed by atoms with Crippen LogP contribution < -0.4 is 0 Å². The summed E-state index contributed by atoms with van der Waals surface area (Å²) < 4.78 is 39.0. The Morgan fingerprint density at radius 3 is 2.14 bits per heavy atom. The molecule has 3 fully saturated rings. The second kappa shape index (κ2) is 9.67. The molecule has 14 heteroatoms. The van der Waals surface area contributed by atoms with Crippen LogP contribution in [0.1, 0.15) is 53.4 Å². The van der Waals surface area contributed by atoms with E-state index < -0.39 is 86.9 Å². The Labute approximate surface area is 203 Å². The van der Waals surface area contributed by atoms with E-state index in [1.54, 1.807) is 13.8 Å². The zero-order valence-corrected chi connectivity index (χ0v) is 20.9. The van der Waals surface area contributed by atoms with Crippen LogP contribution in [0.5, 0.6) is 0 Å². The van der Waals surface area contributed by atoms with E-state index in [4.69, 9.17) is 14.5 Å². The minimum Gasteiger partial charge on any atom is -0.393 e. The SMILES string of the molecule is CC(C)(O)[C@@H]1CC[C@]2(C)[C@@H](O)CC[C@@](C)(O)[C@H]2[C@@H]1OO[C@H]([C@H]1O[C@H](O)[C@H](O)[C@@H](O)[C@@H]1O)S(=O)(=O)O. The van der Waals surface area contributed by atoms with Gasteiger partial charge in [0, 0.05) is 17.3 Å². The third-order valence-corrected chi connectivity index (χ3v) is 9.07. The van der Waals surface area contributed by atoms with Crippen LogP contribution in [0.2, 0.25) is 0 Å². The predicted octanol–water partition coefficient (Wildman–Crippen LogP) is -1.97. The molecule has 2 saturated carbocycles. The van der Waals surface area contributed by atoms with Crippen molar-refractivity contribution in [2.24, 2.45) is 17.3 Å². The maximum Gasteiger partial charge on any atom is 0.298 e. The number of fused-ring (bicyclic) bond motifs is 1. The minimum atomic E-state index is -5.21. The fourth-order valence-electron chi connectivity index (χ4n) is 6.13. The van der Waals surface area contributed by atoms with Crippen LogP contribution in [0.4, 0.5) is 0 Å². The number of hydrogen-bond donors (Lipinski definition) is 8. The quantitative estimate of drug-likeness (QED) is 0.106. The number of ether oxygens (including phenoxy) is 1. The van der Waals surface area contributed by atoms with Crippen LogP contribution in [-0.2, 0) is 24.6 Å². The Bertz CT molecular complexity index is 858. The van der Waals surface area contributed by atoms with Crippen molar-refractivity contribution in [1.82, 2.24) is 0 Å². The fraction of sp³-hybridized carbons (Fsp3) is 1.00. The summed E-state index contributed by atoms with van der Waals surface area (Å²) in [4.78, 5) is 10.6. The van der Waals surface area contributed by atoms with Crippen molar-refractivity contribution in [2.75, 3.05) is 0 Å². The summed E-state index contributed by atoms with van der Waals surface area (Å²) in [5.41, 5.74) is -6.17. The second-order valence-electron chi connectivity index (χ2n) is 11.2. The first-order valence-electron chi connectivity index (χ1n) is 11.6. The molecule has 206 valence electrons. The van der Waals surface area contributed by atoms with Crippen molar-refractivity contribution >= 4 is 10.1 Å². The average molecular weight is 531 g/mol. The highest BCUT2D eigenvalue weighted by molar-refractivity contribution is 7.86. The summed E-state index contributed by atoms with van der Waals surface area (Å²) >= 11 is 0. The van der Waals surface area contributed by atoms with Crippen LogP contribution in [0, 0.1) is 17.3 Å². The molecule has 3 rings (SSSR count). The molecule has 0 aromatic rings. The van der Waals surface area contributed by atoms with Gasteiger partial charge in [0.25, 0.3) is 10.1 Å². The molecule has 1 saturated heterocycles. The van der Waals surface area contributed by atoms with E-state index in [0.717, 1.165) is 0 Å². The van der Waals surface area contributed by atoms with E-state index in [0.29, 0.717) is 19.3 Å². The third-order valence-electron chi connectivity index (χ3n) is 8.14. The Kier molecular flexibility index (Phi) is 8.03. The summed E-state index contributed by atoms with van der Waals surface area (Å²) in [5.74, 6) is -1.56. The Hall–Kier alpha value is -0.490. The van der Waals surface area contributed by atoms with E-state index in [9.17, 15) is 48.7 Å². The van der Waals surface area contributed by atoms with Crippen LogP contribution in [0.3, 0.4) is 0 Å². The highest BCUT2D eigenvalue weighted by Gasteiger charge is 2.62. The van der Waals surface area contributed by atoms with Gasteiger partial charge in [-0.3, -0.25) is 4.55 Å². The molecule has 0 spiro atoms. The van der Waals surface area contributed by atoms with Crippen LogP contribution >= 0.6 is 0 Å². The maximum absolute atomic E-state index is 12.1. The van der Waals surface area contributed by atoms with Gasteiger partial charge in [-0.2, -0.15) is 8.42 Å². The topological polar surface area (TPSA) is 224 Å². The van der Waals surface area contributed by atoms with Gasteiger partial charge in [0.05, 0.1) is 17.3 Å². The lowest BCUT2D eigenvalue weighted by Crippen LogP contribution is -2.66. The van der Waals surface area contributed by atoms with Crippen LogP contribution in [-0.4, -0.2) is 108 Å². The molecule has 3 aliphatic rings. The zero-order valence-electron chi connectivity index (χ0n) is 20.1. The lowest BCUT2D eigenvalue weighted by atomic mass is 9.50. The molecule has 8 N–H and O–H groups in total. The van der Waals surface area contributed by atoms with Crippen LogP contribution in [0.25, 0.3) is 0 Å². The molecular formula is C21H38O13S. The first kappa shape index (κ1) is 29.1. The molecular weight excluding hydrogens is 492 g/mol. The van der Waals surface area contributed by atoms with Gasteiger partial charge in [-0.05, 0) is 46.5 Å². The normalized spacial score (nSPS) is 48.3. The van der Waals surface area contributed by atoms with Gasteiger partial charge in [0.2, 0.25) is 5.44 Å². The Morgan fingerprint density at radius 1 is 1.00 bits per heavy atom. The molecule has 0 unspecified atom stereocenters. The molecule has 13 nitrogen and oxygen atoms in total. The summed E-state index contributed by atoms with van der Waals surface area (Å²) in [5, 5.41) is 72.6. The standard InChI is InChI=1S/C21H38O13S/c1-19(2,27)9-5-7-20(3)10(22)6-8-21(4,28)16(20)14(9)33-34-18(35(29,30)31)15-12(24)11(23)13(25)17(26)32-15/h9-18,22-28H,5-8H2,1-4H3,(H,29,30,31)/t9-,10+,11+,12+,13-,14-,15+,16+,17+,18+,20-,21-/m1/s1. The highest BCUT2D eigenvalue weighted by atomic mass is 32.2. The average Bonchev–Trinajstić information content (AvgIpc) is 2.71. The molecule has 12 atom stereocenters.